The van der Waals surface area contributed by atoms with Crippen molar-refractivity contribution in [3.05, 3.63) is 23.8 Å². The van der Waals surface area contributed by atoms with Crippen molar-refractivity contribution in [1.29, 1.82) is 0 Å². The van der Waals surface area contributed by atoms with E-state index in [9.17, 15) is 4.79 Å². The van der Waals surface area contributed by atoms with Gasteiger partial charge in [0.15, 0.2) is 17.5 Å². The van der Waals surface area contributed by atoms with E-state index in [0.29, 0.717) is 31.4 Å². The number of aliphatic imine (C=N–C) groups is 1. The van der Waals surface area contributed by atoms with Crippen molar-refractivity contribution in [3.63, 3.8) is 0 Å². The number of amides is 1. The number of methoxy groups -OCH3 is 1. The average Bonchev–Trinajstić information content (AvgIpc) is 2.61. The second kappa shape index (κ2) is 13.5. The fraction of sp³-hybridized carbons (Fsp3) is 0.600. The molecule has 0 atom stereocenters. The molecule has 0 aromatic heterocycles. The lowest BCUT2D eigenvalue weighted by atomic mass is 10.1. The third-order valence-corrected chi connectivity index (χ3v) is 3.38. The maximum atomic E-state index is 12.0. The van der Waals surface area contributed by atoms with E-state index in [0.717, 1.165) is 17.7 Å². The van der Waals surface area contributed by atoms with Crippen LogP contribution in [-0.2, 0) is 11.3 Å². The summed E-state index contributed by atoms with van der Waals surface area (Å²) in [6, 6.07) is 5.79. The van der Waals surface area contributed by atoms with Crippen LogP contribution in [0.4, 0.5) is 0 Å². The van der Waals surface area contributed by atoms with Gasteiger partial charge < -0.3 is 25.4 Å². The summed E-state index contributed by atoms with van der Waals surface area (Å²) in [6.45, 7) is 11.9. The summed E-state index contributed by atoms with van der Waals surface area (Å²) < 4.78 is 11.1. The van der Waals surface area contributed by atoms with E-state index in [4.69, 9.17) is 9.47 Å². The normalized spacial score (nSPS) is 11.3. The summed E-state index contributed by atoms with van der Waals surface area (Å²) >= 11 is 0. The van der Waals surface area contributed by atoms with Crippen LogP contribution in [0.3, 0.4) is 0 Å². The summed E-state index contributed by atoms with van der Waals surface area (Å²) in [5, 5.41) is 9.11. The van der Waals surface area contributed by atoms with Crippen molar-refractivity contribution in [2.75, 3.05) is 26.8 Å². The minimum absolute atomic E-state index is 0. The van der Waals surface area contributed by atoms with Crippen LogP contribution in [0.1, 0.15) is 46.6 Å². The number of hydrogen-bond acceptors (Lipinski definition) is 4. The van der Waals surface area contributed by atoms with Gasteiger partial charge in [-0.1, -0.05) is 13.0 Å². The molecule has 1 aromatic carbocycles. The molecule has 0 fully saturated rings. The van der Waals surface area contributed by atoms with Crippen molar-refractivity contribution < 1.29 is 14.3 Å². The molecule has 1 aromatic rings. The van der Waals surface area contributed by atoms with Crippen LogP contribution in [0, 0.1) is 0 Å². The second-order valence-electron chi connectivity index (χ2n) is 7.18. The molecule has 160 valence electrons. The van der Waals surface area contributed by atoms with Crippen molar-refractivity contribution >= 4 is 35.8 Å². The number of guanidine groups is 1. The fourth-order valence-electron chi connectivity index (χ4n) is 2.28. The van der Waals surface area contributed by atoms with E-state index in [1.165, 1.54) is 0 Å². The molecule has 0 bridgehead atoms. The average molecular weight is 506 g/mol. The molecule has 8 heteroatoms. The van der Waals surface area contributed by atoms with Crippen LogP contribution >= 0.6 is 24.0 Å². The lowest BCUT2D eigenvalue weighted by Gasteiger charge is -2.21. The summed E-state index contributed by atoms with van der Waals surface area (Å²) in [5.74, 6) is 1.94. The molecule has 0 unspecified atom stereocenters. The smallest absolute Gasteiger partial charge is 0.239 e. The molecule has 0 saturated heterocycles. The number of carbonyl (C=O) groups excluding carboxylic acids is 1. The lowest BCUT2D eigenvalue weighted by molar-refractivity contribution is -0.121. The topological polar surface area (TPSA) is 84.0 Å². The van der Waals surface area contributed by atoms with Gasteiger partial charge in [-0.05, 0) is 51.8 Å². The Bertz CT molecular complexity index is 630. The van der Waals surface area contributed by atoms with Gasteiger partial charge in [-0.15, -0.1) is 24.0 Å². The van der Waals surface area contributed by atoms with Gasteiger partial charge in [-0.25, -0.2) is 4.99 Å². The van der Waals surface area contributed by atoms with Gasteiger partial charge in [0.25, 0.3) is 0 Å². The molecule has 1 rings (SSSR count). The Kier molecular flexibility index (Phi) is 12.6. The Hall–Kier alpha value is -1.71. The predicted octanol–water partition coefficient (Wildman–Crippen LogP) is 3.07. The lowest BCUT2D eigenvalue weighted by Crippen LogP contribution is -2.48. The summed E-state index contributed by atoms with van der Waals surface area (Å²) in [7, 11) is 1.63. The Balaban J connectivity index is 0.00000729. The van der Waals surface area contributed by atoms with E-state index < -0.39 is 0 Å². The molecule has 0 aliphatic rings. The standard InChI is InChI=1S/C20H34N4O3.HI/c1-7-11-27-16-10-9-15(12-17(16)26-6)13-22-19(21-8-2)23-14-18(25)24-20(3,4)5;/h9-10,12H,7-8,11,13-14H2,1-6H3,(H,24,25)(H2,21,22,23);1H. The highest BCUT2D eigenvalue weighted by Crippen LogP contribution is 2.28. The number of nitrogens with zero attached hydrogens (tertiary/aromatic N) is 1. The van der Waals surface area contributed by atoms with E-state index in [1.54, 1.807) is 7.11 Å². The fourth-order valence-corrected chi connectivity index (χ4v) is 2.28. The highest BCUT2D eigenvalue weighted by molar-refractivity contribution is 14.0. The van der Waals surface area contributed by atoms with E-state index >= 15 is 0 Å². The van der Waals surface area contributed by atoms with Gasteiger partial charge in [0.05, 0.1) is 26.8 Å². The van der Waals surface area contributed by atoms with Crippen LogP contribution in [0.5, 0.6) is 11.5 Å². The number of hydrogen-bond donors (Lipinski definition) is 3. The van der Waals surface area contributed by atoms with Crippen LogP contribution < -0.4 is 25.4 Å². The van der Waals surface area contributed by atoms with E-state index in [1.807, 2.05) is 45.9 Å². The van der Waals surface area contributed by atoms with Crippen molar-refractivity contribution in [2.45, 2.75) is 53.1 Å². The molecule has 28 heavy (non-hydrogen) atoms. The van der Waals surface area contributed by atoms with Gasteiger partial charge in [0, 0.05) is 12.1 Å². The first-order valence-electron chi connectivity index (χ1n) is 9.42. The molecular formula is C20H35IN4O3. The van der Waals surface area contributed by atoms with Crippen LogP contribution in [0.2, 0.25) is 0 Å². The minimum Gasteiger partial charge on any atom is -0.493 e. The number of ether oxygens (including phenoxy) is 2. The zero-order valence-electron chi connectivity index (χ0n) is 17.8. The summed E-state index contributed by atoms with van der Waals surface area (Å²) in [4.78, 5) is 16.5. The van der Waals surface area contributed by atoms with Crippen molar-refractivity contribution in [1.82, 2.24) is 16.0 Å². The summed E-state index contributed by atoms with van der Waals surface area (Å²) in [5.41, 5.74) is 0.735. The number of carbonyl (C=O) groups is 1. The van der Waals surface area contributed by atoms with Gasteiger partial charge >= 0.3 is 0 Å². The third-order valence-electron chi connectivity index (χ3n) is 3.38. The number of rotatable bonds is 9. The summed E-state index contributed by atoms with van der Waals surface area (Å²) in [6.07, 6.45) is 0.940. The van der Waals surface area contributed by atoms with Gasteiger partial charge in [-0.3, -0.25) is 4.79 Å². The SMILES string of the molecule is CCCOc1ccc(CN=C(NCC)NCC(=O)NC(C)(C)C)cc1OC.I. The van der Waals surface area contributed by atoms with Crippen molar-refractivity contribution in [3.8, 4) is 11.5 Å². The minimum atomic E-state index is -0.258. The molecule has 0 heterocycles. The molecule has 0 aliphatic heterocycles. The number of benzene rings is 1. The number of nitrogens with one attached hydrogen (secondary N) is 3. The van der Waals surface area contributed by atoms with Gasteiger partial charge in [0.1, 0.15) is 0 Å². The molecule has 0 spiro atoms. The Morgan fingerprint density at radius 1 is 1.14 bits per heavy atom. The highest BCUT2D eigenvalue weighted by Gasteiger charge is 2.13. The Labute approximate surface area is 186 Å². The Morgan fingerprint density at radius 3 is 2.43 bits per heavy atom. The molecular weight excluding hydrogens is 471 g/mol. The van der Waals surface area contributed by atoms with Crippen LogP contribution in [0.15, 0.2) is 23.2 Å². The maximum absolute atomic E-state index is 12.0. The monoisotopic (exact) mass is 506 g/mol. The molecule has 0 radical (unpaired) electrons. The second-order valence-corrected chi connectivity index (χ2v) is 7.18. The molecule has 3 N–H and O–H groups in total. The number of halogens is 1. The first kappa shape index (κ1) is 26.3. The van der Waals surface area contributed by atoms with Crippen molar-refractivity contribution in [2.24, 2.45) is 4.99 Å². The first-order chi connectivity index (χ1) is 12.8. The zero-order valence-corrected chi connectivity index (χ0v) is 20.2. The van der Waals surface area contributed by atoms with E-state index in [2.05, 4.69) is 27.9 Å². The van der Waals surface area contributed by atoms with E-state index in [-0.39, 0.29) is 42.0 Å². The predicted molar refractivity (Wildman–Crippen MR) is 125 cm³/mol. The van der Waals surface area contributed by atoms with Gasteiger partial charge in [-0.2, -0.15) is 0 Å². The highest BCUT2D eigenvalue weighted by atomic mass is 127. The molecule has 0 saturated carbocycles. The Morgan fingerprint density at radius 2 is 1.86 bits per heavy atom. The molecule has 0 aliphatic carbocycles. The quantitative estimate of drug-likeness (QED) is 0.273. The first-order valence-corrected chi connectivity index (χ1v) is 9.42. The van der Waals surface area contributed by atoms with Crippen LogP contribution in [0.25, 0.3) is 0 Å². The molecule has 1 amide bonds. The van der Waals surface area contributed by atoms with Crippen LogP contribution in [-0.4, -0.2) is 44.2 Å². The zero-order chi connectivity index (χ0) is 20.3. The maximum Gasteiger partial charge on any atom is 0.239 e. The molecule has 7 nitrogen and oxygen atoms in total. The largest absolute Gasteiger partial charge is 0.493 e. The van der Waals surface area contributed by atoms with Gasteiger partial charge in [0.2, 0.25) is 5.91 Å². The third kappa shape index (κ3) is 10.6.